The molecule has 0 rings (SSSR count). The van der Waals surface area contributed by atoms with E-state index in [9.17, 15) is 4.79 Å². The third-order valence-electron chi connectivity index (χ3n) is 1.09. The second kappa shape index (κ2) is 7.69. The number of carbonyl (C=O) groups excluding carboxylic acids is 1. The van der Waals surface area contributed by atoms with Crippen LogP contribution in [0.25, 0.3) is 5.53 Å². The zero-order valence-electron chi connectivity index (χ0n) is 7.06. The van der Waals surface area contributed by atoms with Crippen LogP contribution in [-0.2, 0) is 9.53 Å². The number of carbonyl (C=O) groups is 1. The molecule has 4 nitrogen and oxygen atoms in total. The summed E-state index contributed by atoms with van der Waals surface area (Å²) in [6.45, 7) is 2.35. The fourth-order valence-corrected chi connectivity index (χ4v) is 0.596. The lowest BCUT2D eigenvalue weighted by molar-refractivity contribution is -0.138. The molecule has 0 heterocycles. The van der Waals surface area contributed by atoms with Crippen LogP contribution in [0.15, 0.2) is 12.2 Å². The van der Waals surface area contributed by atoms with Crippen LogP contribution in [0.4, 0.5) is 0 Å². The van der Waals surface area contributed by atoms with Gasteiger partial charge in [-0.1, -0.05) is 19.1 Å². The smallest absolute Gasteiger partial charge is 0.413 e. The number of hydrogen-bond acceptors (Lipinski definition) is 2. The van der Waals surface area contributed by atoms with Crippen molar-refractivity contribution in [3.05, 3.63) is 17.7 Å². The highest BCUT2D eigenvalue weighted by molar-refractivity contribution is 6.20. The number of ether oxygens (including phenoxy) is 1. The van der Waals surface area contributed by atoms with E-state index < -0.39 is 5.97 Å². The SMILES string of the molecule is CCC=CCCOC(=O)C=[N+]=[N-]. The topological polar surface area (TPSA) is 62.7 Å². The maximum absolute atomic E-state index is 10.5. The standard InChI is InChI=1S/C8H12N2O2/c1-2-3-4-5-6-12-8(11)7-10-9/h3-4,7H,2,5-6H2,1H3. The molecule has 66 valence electrons. The van der Waals surface area contributed by atoms with Crippen LogP contribution in [-0.4, -0.2) is 23.6 Å². The van der Waals surface area contributed by atoms with E-state index in [1.54, 1.807) is 0 Å². The molecular weight excluding hydrogens is 156 g/mol. The molecule has 0 radical (unpaired) electrons. The Morgan fingerprint density at radius 1 is 1.58 bits per heavy atom. The second-order valence-electron chi connectivity index (χ2n) is 2.08. The largest absolute Gasteiger partial charge is 0.457 e. The number of allylic oxidation sites excluding steroid dienone is 1. The molecular formula is C8H12N2O2. The number of nitrogens with zero attached hydrogens (tertiary/aromatic N) is 2. The zero-order valence-corrected chi connectivity index (χ0v) is 7.06. The predicted molar refractivity (Wildman–Crippen MR) is 44.7 cm³/mol. The summed E-state index contributed by atoms with van der Waals surface area (Å²) in [7, 11) is 0. The van der Waals surface area contributed by atoms with Crippen molar-refractivity contribution in [3.63, 3.8) is 0 Å². The quantitative estimate of drug-likeness (QED) is 0.154. The predicted octanol–water partition coefficient (Wildman–Crippen LogP) is 1.19. The molecule has 12 heavy (non-hydrogen) atoms. The maximum Gasteiger partial charge on any atom is 0.413 e. The molecule has 0 aliphatic heterocycles. The van der Waals surface area contributed by atoms with Gasteiger partial charge in [-0.3, -0.25) is 0 Å². The van der Waals surface area contributed by atoms with Crippen LogP contribution in [0.3, 0.4) is 0 Å². The van der Waals surface area contributed by atoms with Crippen LogP contribution in [0.2, 0.25) is 0 Å². The van der Waals surface area contributed by atoms with E-state index in [0.717, 1.165) is 12.6 Å². The van der Waals surface area contributed by atoms with Gasteiger partial charge in [0.2, 0.25) is 0 Å². The van der Waals surface area contributed by atoms with Crippen molar-refractivity contribution in [1.82, 2.24) is 0 Å². The maximum atomic E-state index is 10.5. The Labute approximate surface area is 71.5 Å². The van der Waals surface area contributed by atoms with Gasteiger partial charge in [-0.25, -0.2) is 4.79 Å². The average molecular weight is 168 g/mol. The highest BCUT2D eigenvalue weighted by atomic mass is 16.5. The highest BCUT2D eigenvalue weighted by Crippen LogP contribution is 1.87. The van der Waals surface area contributed by atoms with Crippen molar-refractivity contribution in [1.29, 1.82) is 0 Å². The van der Waals surface area contributed by atoms with Crippen LogP contribution < -0.4 is 0 Å². The van der Waals surface area contributed by atoms with Gasteiger partial charge in [0, 0.05) is 0 Å². The van der Waals surface area contributed by atoms with Crippen LogP contribution in [0, 0.1) is 0 Å². The molecule has 0 aromatic heterocycles. The van der Waals surface area contributed by atoms with Crippen LogP contribution >= 0.6 is 0 Å². The van der Waals surface area contributed by atoms with E-state index in [-0.39, 0.29) is 0 Å². The normalized spacial score (nSPS) is 9.42. The molecule has 0 aromatic carbocycles. The van der Waals surface area contributed by atoms with Gasteiger partial charge in [-0.2, -0.15) is 4.79 Å². The minimum absolute atomic E-state index is 0.321. The first-order valence-electron chi connectivity index (χ1n) is 3.80. The van der Waals surface area contributed by atoms with Crippen LogP contribution in [0.1, 0.15) is 19.8 Å². The van der Waals surface area contributed by atoms with Gasteiger partial charge in [-0.15, -0.1) is 0 Å². The molecule has 0 bridgehead atoms. The average Bonchev–Trinajstić information content (AvgIpc) is 2.05. The summed E-state index contributed by atoms with van der Waals surface area (Å²) >= 11 is 0. The van der Waals surface area contributed by atoms with Crippen molar-refractivity contribution in [2.24, 2.45) is 0 Å². The minimum Gasteiger partial charge on any atom is -0.457 e. The van der Waals surface area contributed by atoms with Gasteiger partial charge < -0.3 is 10.3 Å². The molecule has 0 N–H and O–H groups in total. The van der Waals surface area contributed by atoms with Crippen molar-refractivity contribution in [3.8, 4) is 0 Å². The van der Waals surface area contributed by atoms with Gasteiger partial charge in [0.05, 0.1) is 6.61 Å². The highest BCUT2D eigenvalue weighted by Gasteiger charge is 2.00. The van der Waals surface area contributed by atoms with E-state index in [0.29, 0.717) is 13.0 Å². The summed E-state index contributed by atoms with van der Waals surface area (Å²) in [5.74, 6) is -0.623. The summed E-state index contributed by atoms with van der Waals surface area (Å²) in [6, 6.07) is 0. The second-order valence-corrected chi connectivity index (χ2v) is 2.08. The molecule has 0 amide bonds. The Balaban J connectivity index is 3.37. The molecule has 4 heteroatoms. The molecule has 0 aromatic rings. The molecule has 0 spiro atoms. The van der Waals surface area contributed by atoms with Gasteiger partial charge in [0.25, 0.3) is 0 Å². The lowest BCUT2D eigenvalue weighted by Gasteiger charge is -1.93. The van der Waals surface area contributed by atoms with Gasteiger partial charge in [0.1, 0.15) is 0 Å². The van der Waals surface area contributed by atoms with Gasteiger partial charge in [-0.05, 0) is 12.8 Å². The molecule has 0 aliphatic carbocycles. The van der Waals surface area contributed by atoms with E-state index in [4.69, 9.17) is 5.53 Å². The molecule has 0 saturated carbocycles. The molecule has 0 saturated heterocycles. The summed E-state index contributed by atoms with van der Waals surface area (Å²) < 4.78 is 4.63. The first kappa shape index (κ1) is 10.6. The van der Waals surface area contributed by atoms with Crippen molar-refractivity contribution >= 4 is 12.2 Å². The first-order valence-corrected chi connectivity index (χ1v) is 3.80. The Bertz CT molecular complexity index is 205. The molecule has 0 atom stereocenters. The zero-order chi connectivity index (χ0) is 9.23. The Morgan fingerprint density at radius 3 is 2.92 bits per heavy atom. The van der Waals surface area contributed by atoms with E-state index in [1.165, 1.54) is 0 Å². The van der Waals surface area contributed by atoms with E-state index in [2.05, 4.69) is 9.53 Å². The Morgan fingerprint density at radius 2 is 2.33 bits per heavy atom. The Kier molecular flexibility index (Phi) is 6.79. The van der Waals surface area contributed by atoms with Gasteiger partial charge >= 0.3 is 12.2 Å². The first-order chi connectivity index (χ1) is 5.81. The van der Waals surface area contributed by atoms with Crippen molar-refractivity contribution in [2.75, 3.05) is 6.61 Å². The summed E-state index contributed by atoms with van der Waals surface area (Å²) in [5, 5.41) is 0. The van der Waals surface area contributed by atoms with Gasteiger partial charge in [0.15, 0.2) is 0 Å². The summed E-state index contributed by atoms with van der Waals surface area (Å²) in [6.07, 6.45) is 6.33. The van der Waals surface area contributed by atoms with Crippen molar-refractivity contribution in [2.45, 2.75) is 19.8 Å². The van der Waals surface area contributed by atoms with E-state index >= 15 is 0 Å². The fourth-order valence-electron chi connectivity index (χ4n) is 0.596. The third-order valence-corrected chi connectivity index (χ3v) is 1.09. The molecule has 0 unspecified atom stereocenters. The lowest BCUT2D eigenvalue weighted by atomic mass is 10.3. The Hall–Kier alpha value is -1.41. The minimum atomic E-state index is -0.623. The summed E-state index contributed by atoms with van der Waals surface area (Å²) in [5.41, 5.74) is 7.93. The van der Waals surface area contributed by atoms with Crippen LogP contribution in [0.5, 0.6) is 0 Å². The fraction of sp³-hybridized carbons (Fsp3) is 0.500. The molecule has 0 fully saturated rings. The van der Waals surface area contributed by atoms with Crippen molar-refractivity contribution < 1.29 is 14.3 Å². The van der Waals surface area contributed by atoms with E-state index in [1.807, 2.05) is 19.1 Å². The number of rotatable bonds is 5. The monoisotopic (exact) mass is 168 g/mol. The number of esters is 1. The molecule has 0 aliphatic rings. The third kappa shape index (κ3) is 6.71. The number of hydrogen-bond donors (Lipinski definition) is 0. The lowest BCUT2D eigenvalue weighted by Crippen LogP contribution is -2.06. The summed E-state index contributed by atoms with van der Waals surface area (Å²) in [4.78, 5) is 13.1.